The summed E-state index contributed by atoms with van der Waals surface area (Å²) in [7, 11) is 0. The van der Waals surface area contributed by atoms with Crippen molar-refractivity contribution in [3.05, 3.63) is 21.5 Å². The fourth-order valence-electron chi connectivity index (χ4n) is 2.34. The van der Waals surface area contributed by atoms with Gasteiger partial charge in [0.1, 0.15) is 5.69 Å². The van der Waals surface area contributed by atoms with Crippen LogP contribution in [0.15, 0.2) is 0 Å². The SMILES string of the molecule is O=C(O)c1[nH]nc(C2CCCCC2)c1[N+](=O)[O-]. The molecule has 0 radical (unpaired) electrons. The highest BCUT2D eigenvalue weighted by atomic mass is 16.6. The normalized spacial score (nSPS) is 16.9. The van der Waals surface area contributed by atoms with Crippen LogP contribution in [-0.2, 0) is 0 Å². The number of aromatic nitrogens is 2. The van der Waals surface area contributed by atoms with E-state index in [9.17, 15) is 14.9 Å². The summed E-state index contributed by atoms with van der Waals surface area (Å²) < 4.78 is 0. The predicted molar refractivity (Wildman–Crippen MR) is 58.0 cm³/mol. The molecule has 0 aromatic carbocycles. The summed E-state index contributed by atoms with van der Waals surface area (Å²) in [5.41, 5.74) is -0.493. The Morgan fingerprint density at radius 2 is 2.06 bits per heavy atom. The molecule has 2 rings (SSSR count). The van der Waals surface area contributed by atoms with Gasteiger partial charge in [0.25, 0.3) is 0 Å². The Kier molecular flexibility index (Phi) is 3.08. The van der Waals surface area contributed by atoms with Gasteiger partial charge >= 0.3 is 11.7 Å². The molecular weight excluding hydrogens is 226 g/mol. The summed E-state index contributed by atoms with van der Waals surface area (Å²) in [6, 6.07) is 0. The molecule has 0 bridgehead atoms. The van der Waals surface area contributed by atoms with E-state index in [1.807, 2.05) is 0 Å². The quantitative estimate of drug-likeness (QED) is 0.619. The van der Waals surface area contributed by atoms with E-state index in [1.165, 1.54) is 0 Å². The van der Waals surface area contributed by atoms with Crippen molar-refractivity contribution in [3.8, 4) is 0 Å². The summed E-state index contributed by atoms with van der Waals surface area (Å²) in [6.07, 6.45) is 4.82. The minimum absolute atomic E-state index is 0.00787. The average molecular weight is 239 g/mol. The van der Waals surface area contributed by atoms with E-state index in [1.54, 1.807) is 0 Å². The molecule has 0 atom stereocenters. The summed E-state index contributed by atoms with van der Waals surface area (Å²) in [4.78, 5) is 21.1. The molecule has 7 nitrogen and oxygen atoms in total. The average Bonchev–Trinajstić information content (AvgIpc) is 2.74. The van der Waals surface area contributed by atoms with Crippen molar-refractivity contribution in [1.82, 2.24) is 10.2 Å². The number of nitrogens with one attached hydrogen (secondary N) is 1. The molecule has 7 heteroatoms. The van der Waals surface area contributed by atoms with E-state index in [0.717, 1.165) is 32.1 Å². The summed E-state index contributed by atoms with van der Waals surface area (Å²) in [5.74, 6) is -1.33. The first kappa shape index (κ1) is 11.6. The van der Waals surface area contributed by atoms with Gasteiger partial charge in [0.2, 0.25) is 5.69 Å². The van der Waals surface area contributed by atoms with Crippen molar-refractivity contribution >= 4 is 11.7 Å². The molecule has 1 aromatic heterocycles. The van der Waals surface area contributed by atoms with Crippen LogP contribution in [0.2, 0.25) is 0 Å². The number of hydrogen-bond donors (Lipinski definition) is 2. The summed E-state index contributed by atoms with van der Waals surface area (Å²) >= 11 is 0. The number of aromatic carboxylic acids is 1. The second kappa shape index (κ2) is 4.52. The lowest BCUT2D eigenvalue weighted by Gasteiger charge is -2.18. The standard InChI is InChI=1S/C10H13N3O4/c14-10(15)8-9(13(16)17)7(11-12-8)6-4-2-1-3-5-6/h6H,1-5H2,(H,11,12)(H,14,15). The van der Waals surface area contributed by atoms with Crippen molar-refractivity contribution in [3.63, 3.8) is 0 Å². The van der Waals surface area contributed by atoms with Crippen LogP contribution >= 0.6 is 0 Å². The predicted octanol–water partition coefficient (Wildman–Crippen LogP) is 2.06. The topological polar surface area (TPSA) is 109 Å². The van der Waals surface area contributed by atoms with Crippen molar-refractivity contribution in [2.24, 2.45) is 0 Å². The van der Waals surface area contributed by atoms with Gasteiger partial charge in [0, 0.05) is 5.92 Å². The third-order valence-electron chi connectivity index (χ3n) is 3.16. The molecule has 92 valence electrons. The first-order valence-electron chi connectivity index (χ1n) is 5.57. The third kappa shape index (κ3) is 2.13. The van der Waals surface area contributed by atoms with Gasteiger partial charge in [-0.3, -0.25) is 15.2 Å². The van der Waals surface area contributed by atoms with Crippen LogP contribution in [0.3, 0.4) is 0 Å². The second-order valence-corrected chi connectivity index (χ2v) is 4.23. The minimum Gasteiger partial charge on any atom is -0.476 e. The number of H-pyrrole nitrogens is 1. The number of carboxylic acid groups (broad SMARTS) is 1. The maximum Gasteiger partial charge on any atom is 0.361 e. The van der Waals surface area contributed by atoms with Gasteiger partial charge in [0.05, 0.1) is 4.92 Å². The van der Waals surface area contributed by atoms with Gasteiger partial charge in [0.15, 0.2) is 0 Å². The molecule has 17 heavy (non-hydrogen) atoms. The number of rotatable bonds is 3. The molecule has 2 N–H and O–H groups in total. The zero-order valence-corrected chi connectivity index (χ0v) is 9.18. The molecule has 0 spiro atoms. The molecule has 1 fully saturated rings. The van der Waals surface area contributed by atoms with Gasteiger partial charge in [-0.1, -0.05) is 19.3 Å². The largest absolute Gasteiger partial charge is 0.476 e. The van der Waals surface area contributed by atoms with Crippen LogP contribution in [0.4, 0.5) is 5.69 Å². The van der Waals surface area contributed by atoms with Crippen LogP contribution in [0.25, 0.3) is 0 Å². The fourth-order valence-corrected chi connectivity index (χ4v) is 2.34. The minimum atomic E-state index is -1.34. The van der Waals surface area contributed by atoms with Gasteiger partial charge in [-0.15, -0.1) is 0 Å². The van der Waals surface area contributed by atoms with E-state index in [-0.39, 0.29) is 11.6 Å². The molecule has 0 aliphatic heterocycles. The van der Waals surface area contributed by atoms with E-state index < -0.39 is 16.6 Å². The maximum absolute atomic E-state index is 10.9. The first-order chi connectivity index (χ1) is 8.11. The lowest BCUT2D eigenvalue weighted by molar-refractivity contribution is -0.386. The first-order valence-corrected chi connectivity index (χ1v) is 5.57. The summed E-state index contributed by atoms with van der Waals surface area (Å²) in [5, 5.41) is 25.9. The molecule has 1 aliphatic rings. The number of carbonyl (C=O) groups is 1. The highest BCUT2D eigenvalue weighted by molar-refractivity contribution is 5.90. The van der Waals surface area contributed by atoms with Crippen LogP contribution < -0.4 is 0 Å². The van der Waals surface area contributed by atoms with E-state index in [2.05, 4.69) is 10.2 Å². The van der Waals surface area contributed by atoms with Crippen molar-refractivity contribution < 1.29 is 14.8 Å². The van der Waals surface area contributed by atoms with Crippen LogP contribution in [0, 0.1) is 10.1 Å². The Balaban J connectivity index is 2.39. The Labute approximate surface area is 97.0 Å². The Hall–Kier alpha value is -1.92. The van der Waals surface area contributed by atoms with E-state index in [0.29, 0.717) is 5.69 Å². The van der Waals surface area contributed by atoms with Crippen LogP contribution in [0.1, 0.15) is 54.2 Å². The van der Waals surface area contributed by atoms with Gasteiger partial charge in [-0.25, -0.2) is 4.79 Å². The fraction of sp³-hybridized carbons (Fsp3) is 0.600. The highest BCUT2D eigenvalue weighted by Gasteiger charge is 2.33. The molecule has 0 unspecified atom stereocenters. The van der Waals surface area contributed by atoms with Gasteiger partial charge in [-0.05, 0) is 12.8 Å². The zero-order chi connectivity index (χ0) is 12.4. The third-order valence-corrected chi connectivity index (χ3v) is 3.16. The highest BCUT2D eigenvalue weighted by Crippen LogP contribution is 2.37. The lowest BCUT2D eigenvalue weighted by atomic mass is 9.86. The van der Waals surface area contributed by atoms with Crippen molar-refractivity contribution in [2.75, 3.05) is 0 Å². The Bertz CT molecular complexity index is 448. The van der Waals surface area contributed by atoms with Gasteiger partial charge in [-0.2, -0.15) is 5.10 Å². The zero-order valence-electron chi connectivity index (χ0n) is 9.18. The monoisotopic (exact) mass is 239 g/mol. The molecular formula is C10H13N3O4. The Morgan fingerprint density at radius 1 is 1.41 bits per heavy atom. The van der Waals surface area contributed by atoms with E-state index in [4.69, 9.17) is 5.11 Å². The number of carboxylic acids is 1. The molecule has 0 saturated heterocycles. The smallest absolute Gasteiger partial charge is 0.361 e. The van der Waals surface area contributed by atoms with Crippen LogP contribution in [0.5, 0.6) is 0 Å². The van der Waals surface area contributed by atoms with Gasteiger partial charge < -0.3 is 5.11 Å². The number of nitro groups is 1. The Morgan fingerprint density at radius 3 is 2.59 bits per heavy atom. The van der Waals surface area contributed by atoms with E-state index >= 15 is 0 Å². The molecule has 1 aliphatic carbocycles. The van der Waals surface area contributed by atoms with Crippen molar-refractivity contribution in [1.29, 1.82) is 0 Å². The molecule has 1 aromatic rings. The van der Waals surface area contributed by atoms with Crippen LogP contribution in [-0.4, -0.2) is 26.2 Å². The lowest BCUT2D eigenvalue weighted by Crippen LogP contribution is -2.08. The molecule has 1 heterocycles. The number of hydrogen-bond acceptors (Lipinski definition) is 4. The second-order valence-electron chi connectivity index (χ2n) is 4.23. The summed E-state index contributed by atoms with van der Waals surface area (Å²) in [6.45, 7) is 0. The molecule has 0 amide bonds. The number of aromatic amines is 1. The number of nitrogens with zero attached hydrogens (tertiary/aromatic N) is 2. The maximum atomic E-state index is 10.9. The van der Waals surface area contributed by atoms with Crippen molar-refractivity contribution in [2.45, 2.75) is 38.0 Å². The molecule has 1 saturated carbocycles.